The number of benzene rings is 1. The summed E-state index contributed by atoms with van der Waals surface area (Å²) in [5.74, 6) is -1.30. The summed E-state index contributed by atoms with van der Waals surface area (Å²) in [6.07, 6.45) is 0.899. The van der Waals surface area contributed by atoms with Crippen LogP contribution in [0.25, 0.3) is 0 Å². The topological polar surface area (TPSA) is 127 Å². The number of carbonyl (C=O) groups excluding carboxylic acids is 1. The summed E-state index contributed by atoms with van der Waals surface area (Å²) in [5.41, 5.74) is 0.145. The normalized spacial score (nSPS) is 11.1. The molecule has 1 aromatic carbocycles. The zero-order valence-corrected chi connectivity index (χ0v) is 12.6. The molecule has 0 heterocycles. The third-order valence-electron chi connectivity index (χ3n) is 2.58. The van der Waals surface area contributed by atoms with Gasteiger partial charge in [-0.05, 0) is 31.0 Å². The zero-order valence-electron chi connectivity index (χ0n) is 11.0. The van der Waals surface area contributed by atoms with E-state index in [0.717, 1.165) is 0 Å². The highest BCUT2D eigenvalue weighted by Gasteiger charge is 2.12. The number of carboxylic acid groups (broad SMARTS) is 1. The molecule has 0 aliphatic heterocycles. The molecule has 0 spiro atoms. The lowest BCUT2D eigenvalue weighted by Gasteiger charge is -2.08. The molecule has 4 N–H and O–H groups in total. The first-order chi connectivity index (χ1) is 9.70. The molecule has 0 bridgehead atoms. The average Bonchev–Trinajstić information content (AvgIpc) is 2.36. The maximum Gasteiger partial charge on any atom is 0.303 e. The van der Waals surface area contributed by atoms with Crippen LogP contribution in [0.4, 0.5) is 5.69 Å². The highest BCUT2D eigenvalue weighted by atomic mass is 35.5. The van der Waals surface area contributed by atoms with Crippen LogP contribution in [0.1, 0.15) is 25.7 Å². The second-order valence-corrected chi connectivity index (χ2v) is 6.30. The number of sulfonamides is 1. The number of carboxylic acids is 1. The Hall–Kier alpha value is -1.64. The summed E-state index contributed by atoms with van der Waals surface area (Å²) < 4.78 is 22.4. The van der Waals surface area contributed by atoms with Gasteiger partial charge in [-0.3, -0.25) is 9.59 Å². The number of nitrogens with one attached hydrogen (secondary N) is 1. The Bertz CT molecular complexity index is 645. The van der Waals surface area contributed by atoms with Crippen LogP contribution in [-0.4, -0.2) is 25.4 Å². The van der Waals surface area contributed by atoms with Crippen molar-refractivity contribution in [2.24, 2.45) is 5.14 Å². The summed E-state index contributed by atoms with van der Waals surface area (Å²) >= 11 is 5.87. The van der Waals surface area contributed by atoms with Gasteiger partial charge in [-0.2, -0.15) is 0 Å². The van der Waals surface area contributed by atoms with Crippen molar-refractivity contribution in [2.45, 2.75) is 30.6 Å². The van der Waals surface area contributed by atoms with E-state index in [9.17, 15) is 18.0 Å². The van der Waals surface area contributed by atoms with Crippen LogP contribution in [0.5, 0.6) is 0 Å². The fraction of sp³-hybridized carbons (Fsp3) is 0.333. The molecule has 0 saturated carbocycles. The SMILES string of the molecule is NS(=O)(=O)c1ccc(Cl)c(NC(=O)CCCCC(=O)O)c1. The number of primary sulfonamides is 1. The Morgan fingerprint density at radius 2 is 1.86 bits per heavy atom. The van der Waals surface area contributed by atoms with Crippen molar-refractivity contribution in [1.82, 2.24) is 0 Å². The van der Waals surface area contributed by atoms with Gasteiger partial charge in [0.05, 0.1) is 15.6 Å². The Morgan fingerprint density at radius 3 is 2.43 bits per heavy atom. The van der Waals surface area contributed by atoms with E-state index < -0.39 is 16.0 Å². The Labute approximate surface area is 127 Å². The second kappa shape index (κ2) is 7.39. The monoisotopic (exact) mass is 334 g/mol. The molecular formula is C12H15ClN2O5S. The number of hydrogen-bond donors (Lipinski definition) is 3. The minimum absolute atomic E-state index is 0.00502. The number of hydrogen-bond acceptors (Lipinski definition) is 4. The third-order valence-corrected chi connectivity index (χ3v) is 3.83. The molecule has 0 fully saturated rings. The Morgan fingerprint density at radius 1 is 1.24 bits per heavy atom. The van der Waals surface area contributed by atoms with Gasteiger partial charge in [0.25, 0.3) is 0 Å². The smallest absolute Gasteiger partial charge is 0.303 e. The van der Waals surface area contributed by atoms with Crippen molar-refractivity contribution in [1.29, 1.82) is 0 Å². The van der Waals surface area contributed by atoms with Gasteiger partial charge in [-0.25, -0.2) is 13.6 Å². The van der Waals surface area contributed by atoms with Crippen LogP contribution in [0, 0.1) is 0 Å². The molecule has 1 amide bonds. The van der Waals surface area contributed by atoms with E-state index in [0.29, 0.717) is 12.8 Å². The van der Waals surface area contributed by atoms with Crippen molar-refractivity contribution >= 4 is 39.2 Å². The van der Waals surface area contributed by atoms with Gasteiger partial charge in [0.15, 0.2) is 0 Å². The Kier molecular flexibility index (Phi) is 6.13. The summed E-state index contributed by atoms with van der Waals surface area (Å²) in [5, 5.41) is 16.1. The maximum absolute atomic E-state index is 11.7. The summed E-state index contributed by atoms with van der Waals surface area (Å²) in [4.78, 5) is 21.8. The van der Waals surface area contributed by atoms with E-state index in [1.54, 1.807) is 0 Å². The first-order valence-corrected chi connectivity index (χ1v) is 7.96. The molecule has 21 heavy (non-hydrogen) atoms. The molecule has 0 aliphatic rings. The van der Waals surface area contributed by atoms with Crippen molar-refractivity contribution in [2.75, 3.05) is 5.32 Å². The first kappa shape index (κ1) is 17.4. The van der Waals surface area contributed by atoms with Crippen LogP contribution < -0.4 is 10.5 Å². The van der Waals surface area contributed by atoms with Crippen LogP contribution in [0.2, 0.25) is 5.02 Å². The van der Waals surface area contributed by atoms with Gasteiger partial charge in [-0.15, -0.1) is 0 Å². The lowest BCUT2D eigenvalue weighted by molar-refractivity contribution is -0.137. The lowest BCUT2D eigenvalue weighted by atomic mass is 10.2. The molecule has 0 aromatic heterocycles. The van der Waals surface area contributed by atoms with Gasteiger partial charge in [0.2, 0.25) is 15.9 Å². The Balaban J connectivity index is 2.65. The average molecular weight is 335 g/mol. The van der Waals surface area contributed by atoms with Crippen molar-refractivity contribution < 1.29 is 23.1 Å². The minimum Gasteiger partial charge on any atom is -0.481 e. The predicted octanol–water partition coefficient (Wildman–Crippen LogP) is 1.57. The van der Waals surface area contributed by atoms with Gasteiger partial charge >= 0.3 is 5.97 Å². The number of rotatable bonds is 7. The van der Waals surface area contributed by atoms with E-state index >= 15 is 0 Å². The van der Waals surface area contributed by atoms with E-state index in [-0.39, 0.29) is 34.4 Å². The maximum atomic E-state index is 11.7. The fourth-order valence-corrected chi connectivity index (χ4v) is 2.26. The third kappa shape index (κ3) is 6.11. The number of aliphatic carboxylic acids is 1. The molecule has 0 unspecified atom stereocenters. The van der Waals surface area contributed by atoms with Gasteiger partial charge in [0, 0.05) is 12.8 Å². The second-order valence-electron chi connectivity index (χ2n) is 4.34. The zero-order chi connectivity index (χ0) is 16.0. The molecule has 0 saturated heterocycles. The van der Waals surface area contributed by atoms with E-state index in [1.807, 2.05) is 0 Å². The number of anilines is 1. The van der Waals surface area contributed by atoms with E-state index in [1.165, 1.54) is 18.2 Å². The van der Waals surface area contributed by atoms with Crippen LogP contribution in [0.3, 0.4) is 0 Å². The number of nitrogens with two attached hydrogens (primary N) is 1. The predicted molar refractivity (Wildman–Crippen MR) is 77.6 cm³/mol. The molecule has 0 aliphatic carbocycles. The number of carbonyl (C=O) groups is 2. The standard InChI is InChI=1S/C12H15ClN2O5S/c13-9-6-5-8(21(14,19)20)7-10(9)15-11(16)3-1-2-4-12(17)18/h5-7H,1-4H2,(H,15,16)(H,17,18)(H2,14,19,20). The van der Waals surface area contributed by atoms with E-state index in [2.05, 4.69) is 5.32 Å². The van der Waals surface area contributed by atoms with Gasteiger partial charge in [0.1, 0.15) is 0 Å². The molecule has 9 heteroatoms. The summed E-state index contributed by atoms with van der Waals surface area (Å²) in [7, 11) is -3.88. The minimum atomic E-state index is -3.88. The van der Waals surface area contributed by atoms with Crippen molar-refractivity contribution in [3.8, 4) is 0 Å². The molecule has 7 nitrogen and oxygen atoms in total. The molecule has 116 valence electrons. The van der Waals surface area contributed by atoms with Gasteiger partial charge < -0.3 is 10.4 Å². The molecule has 1 rings (SSSR count). The first-order valence-electron chi connectivity index (χ1n) is 6.04. The van der Waals surface area contributed by atoms with Gasteiger partial charge in [-0.1, -0.05) is 11.6 Å². The highest BCUT2D eigenvalue weighted by molar-refractivity contribution is 7.89. The quantitative estimate of drug-likeness (QED) is 0.652. The largest absolute Gasteiger partial charge is 0.481 e. The van der Waals surface area contributed by atoms with Crippen molar-refractivity contribution in [3.63, 3.8) is 0 Å². The molecular weight excluding hydrogens is 320 g/mol. The molecule has 0 atom stereocenters. The van der Waals surface area contributed by atoms with Crippen molar-refractivity contribution in [3.05, 3.63) is 23.2 Å². The highest BCUT2D eigenvalue weighted by Crippen LogP contribution is 2.25. The van der Waals surface area contributed by atoms with Crippen LogP contribution in [0.15, 0.2) is 23.1 Å². The fourth-order valence-electron chi connectivity index (χ4n) is 1.55. The van der Waals surface area contributed by atoms with E-state index in [4.69, 9.17) is 21.8 Å². The number of unbranched alkanes of at least 4 members (excludes halogenated alkanes) is 1. The number of halogens is 1. The van der Waals surface area contributed by atoms with Crippen LogP contribution >= 0.6 is 11.6 Å². The summed E-state index contributed by atoms with van der Waals surface area (Å²) in [6, 6.07) is 3.73. The molecule has 1 aromatic rings. The summed E-state index contributed by atoms with van der Waals surface area (Å²) in [6.45, 7) is 0. The van der Waals surface area contributed by atoms with Crippen LogP contribution in [-0.2, 0) is 19.6 Å². The number of amides is 1. The lowest BCUT2D eigenvalue weighted by Crippen LogP contribution is -2.15. The molecule has 0 radical (unpaired) electrons.